The first kappa shape index (κ1) is 22.1. The number of nitrogens with zero attached hydrogens (tertiary/aromatic N) is 2. The van der Waals surface area contributed by atoms with Crippen molar-refractivity contribution in [3.05, 3.63) is 77.4 Å². The molecule has 3 amide bonds. The van der Waals surface area contributed by atoms with Crippen LogP contribution in [-0.4, -0.2) is 49.9 Å². The molecule has 0 radical (unpaired) electrons. The van der Waals surface area contributed by atoms with E-state index >= 15 is 0 Å². The molecule has 0 spiro atoms. The number of hydrogen-bond donors (Lipinski definition) is 0. The summed E-state index contributed by atoms with van der Waals surface area (Å²) in [5.74, 6) is -3.11. The predicted octanol–water partition coefficient (Wildman–Crippen LogP) is 1.84. The number of carbonyl (C=O) groups is 4. The average molecular weight is 441 g/mol. The number of para-hydroxylation sites is 1. The molecule has 0 N–H and O–H groups in total. The Kier molecular flexibility index (Phi) is 6.42. The number of amides is 3. The molecule has 9 nitrogen and oxygen atoms in total. The van der Waals surface area contributed by atoms with Crippen LogP contribution in [0.4, 0.5) is 5.69 Å². The Bertz CT molecular complexity index is 1110. The van der Waals surface area contributed by atoms with E-state index in [1.54, 1.807) is 30.3 Å². The van der Waals surface area contributed by atoms with Gasteiger partial charge in [-0.15, -0.1) is 0 Å². The third-order valence-electron chi connectivity index (χ3n) is 4.45. The van der Waals surface area contributed by atoms with Crippen LogP contribution in [0.5, 0.6) is 0 Å². The van der Waals surface area contributed by atoms with Gasteiger partial charge in [-0.05, 0) is 37.3 Å². The van der Waals surface area contributed by atoms with E-state index in [2.05, 4.69) is 6.58 Å². The maximum atomic E-state index is 13.2. The minimum Gasteiger partial charge on any atom is -0.755 e. The quantitative estimate of drug-likeness (QED) is 0.278. The zero-order valence-electron chi connectivity index (χ0n) is 16.4. The van der Waals surface area contributed by atoms with Crippen LogP contribution in [0.3, 0.4) is 0 Å². The Labute approximate surface area is 180 Å². The van der Waals surface area contributed by atoms with Crippen LogP contribution in [0.2, 0.25) is 0 Å². The van der Waals surface area contributed by atoms with Gasteiger partial charge in [0, 0.05) is 16.8 Å². The summed E-state index contributed by atoms with van der Waals surface area (Å²) in [6.45, 7) is 4.92. The highest BCUT2D eigenvalue weighted by Gasteiger charge is 2.37. The first-order chi connectivity index (χ1) is 14.7. The van der Waals surface area contributed by atoms with Crippen molar-refractivity contribution in [3.8, 4) is 0 Å². The zero-order valence-corrected chi connectivity index (χ0v) is 17.2. The highest BCUT2D eigenvalue weighted by atomic mass is 32.2. The number of imide groups is 1. The molecule has 0 bridgehead atoms. The Balaban J connectivity index is 1.89. The van der Waals surface area contributed by atoms with Crippen LogP contribution in [0.1, 0.15) is 38.0 Å². The molecule has 0 aliphatic carbocycles. The lowest BCUT2D eigenvalue weighted by Crippen LogP contribution is -2.34. The molecule has 3 rings (SSSR count). The van der Waals surface area contributed by atoms with Gasteiger partial charge in [0.05, 0.1) is 28.9 Å². The second kappa shape index (κ2) is 9.02. The smallest absolute Gasteiger partial charge is 0.333 e. The average Bonchev–Trinajstić information content (AvgIpc) is 3.00. The van der Waals surface area contributed by atoms with Crippen LogP contribution < -0.4 is 4.90 Å². The summed E-state index contributed by atoms with van der Waals surface area (Å²) in [7, 11) is 0. The van der Waals surface area contributed by atoms with Gasteiger partial charge in [-0.25, -0.2) is 4.79 Å². The highest BCUT2D eigenvalue weighted by molar-refractivity contribution is 7.78. The lowest BCUT2D eigenvalue weighted by atomic mass is 10.0. The Hall–Kier alpha value is -3.63. The molecule has 2 aromatic carbocycles. The van der Waals surface area contributed by atoms with Crippen LogP contribution in [0, 0.1) is 0 Å². The van der Waals surface area contributed by atoms with Gasteiger partial charge in [0.15, 0.2) is 0 Å². The molecule has 1 atom stereocenters. The standard InChI is InChI=1S/C21H18N2O7S/c1-13(2)21(27)30-11-10-22(15-6-4-3-5-7-15)18(24)14-8-9-16-17(12-14)20(26)23(19(16)25)31(28)29/h3-9,12H,1,10-11H2,2H3,(H,28,29)/p-1. The van der Waals surface area contributed by atoms with Gasteiger partial charge < -0.3 is 14.2 Å². The molecular formula is C21H17N2O7S-. The van der Waals surface area contributed by atoms with Crippen molar-refractivity contribution in [2.45, 2.75) is 6.92 Å². The normalized spacial score (nSPS) is 13.5. The Morgan fingerprint density at radius 3 is 2.35 bits per heavy atom. The van der Waals surface area contributed by atoms with Gasteiger partial charge in [0.25, 0.3) is 17.7 Å². The molecule has 0 fully saturated rings. The minimum atomic E-state index is -3.06. The Morgan fingerprint density at radius 1 is 1.10 bits per heavy atom. The van der Waals surface area contributed by atoms with Gasteiger partial charge in [-0.3, -0.25) is 18.6 Å². The third kappa shape index (κ3) is 4.44. The topological polar surface area (TPSA) is 124 Å². The molecule has 0 saturated heterocycles. The van der Waals surface area contributed by atoms with Gasteiger partial charge in [0.2, 0.25) is 0 Å². The summed E-state index contributed by atoms with van der Waals surface area (Å²) in [5, 5.41) is 0. The number of anilines is 1. The largest absolute Gasteiger partial charge is 0.755 e. The molecule has 1 unspecified atom stereocenters. The fourth-order valence-corrected chi connectivity index (χ4v) is 3.42. The number of esters is 1. The lowest BCUT2D eigenvalue weighted by molar-refractivity contribution is -0.138. The SMILES string of the molecule is C=C(C)C(=O)OCCN(C(=O)c1ccc2c(c1)C(=O)N(S(=O)[O-])C2=O)c1ccccc1. The van der Waals surface area contributed by atoms with Crippen molar-refractivity contribution in [2.75, 3.05) is 18.1 Å². The van der Waals surface area contributed by atoms with Gasteiger partial charge in [-0.2, -0.15) is 4.31 Å². The monoisotopic (exact) mass is 441 g/mol. The van der Waals surface area contributed by atoms with E-state index in [0.29, 0.717) is 5.69 Å². The molecule has 31 heavy (non-hydrogen) atoms. The fourth-order valence-electron chi connectivity index (χ4n) is 2.95. The lowest BCUT2D eigenvalue weighted by Gasteiger charge is -2.23. The molecule has 0 aromatic heterocycles. The van der Waals surface area contributed by atoms with Crippen molar-refractivity contribution >= 4 is 40.6 Å². The highest BCUT2D eigenvalue weighted by Crippen LogP contribution is 2.26. The number of carbonyl (C=O) groups excluding carboxylic acids is 4. The summed E-state index contributed by atoms with van der Waals surface area (Å²) in [5.41, 5.74) is 0.520. The van der Waals surface area contributed by atoms with Crippen LogP contribution in [0.25, 0.3) is 0 Å². The first-order valence-electron chi connectivity index (χ1n) is 9.04. The minimum absolute atomic E-state index is 0.0164. The molecular weight excluding hydrogens is 424 g/mol. The molecule has 1 aliphatic heterocycles. The van der Waals surface area contributed by atoms with Gasteiger partial charge in [-0.1, -0.05) is 24.8 Å². The summed E-state index contributed by atoms with van der Waals surface area (Å²) in [6.07, 6.45) is 0. The van der Waals surface area contributed by atoms with E-state index < -0.39 is 35.0 Å². The molecule has 160 valence electrons. The second-order valence-corrected chi connectivity index (χ2v) is 7.39. The fraction of sp³-hybridized carbons (Fsp3) is 0.143. The Morgan fingerprint density at radius 2 is 1.74 bits per heavy atom. The molecule has 10 heteroatoms. The van der Waals surface area contributed by atoms with Crippen molar-refractivity contribution in [2.24, 2.45) is 0 Å². The summed E-state index contributed by atoms with van der Waals surface area (Å²) in [4.78, 5) is 50.6. The number of hydrogen-bond acceptors (Lipinski definition) is 7. The molecule has 1 heterocycles. The van der Waals surface area contributed by atoms with E-state index in [-0.39, 0.29) is 39.7 Å². The van der Waals surface area contributed by atoms with Crippen LogP contribution in [0.15, 0.2) is 60.7 Å². The van der Waals surface area contributed by atoms with Gasteiger partial charge in [0.1, 0.15) is 6.61 Å². The second-order valence-electron chi connectivity index (χ2n) is 6.59. The zero-order chi connectivity index (χ0) is 22.7. The molecule has 1 aliphatic rings. The van der Waals surface area contributed by atoms with Crippen molar-refractivity contribution in [1.82, 2.24) is 4.31 Å². The van der Waals surface area contributed by atoms with Gasteiger partial charge >= 0.3 is 5.97 Å². The van der Waals surface area contributed by atoms with E-state index in [1.807, 2.05) is 0 Å². The van der Waals surface area contributed by atoms with Crippen molar-refractivity contribution in [1.29, 1.82) is 0 Å². The molecule has 0 saturated carbocycles. The molecule has 2 aromatic rings. The summed E-state index contributed by atoms with van der Waals surface area (Å²) < 4.78 is 27.6. The maximum Gasteiger partial charge on any atom is 0.333 e. The van der Waals surface area contributed by atoms with Crippen LogP contribution >= 0.6 is 0 Å². The van der Waals surface area contributed by atoms with Crippen LogP contribution in [-0.2, 0) is 20.8 Å². The number of rotatable bonds is 7. The number of ether oxygens (including phenoxy) is 1. The summed E-state index contributed by atoms with van der Waals surface area (Å²) >= 11 is -3.06. The predicted molar refractivity (Wildman–Crippen MR) is 110 cm³/mol. The number of fused-ring (bicyclic) bond motifs is 1. The van der Waals surface area contributed by atoms with Crippen molar-refractivity contribution in [3.63, 3.8) is 0 Å². The maximum absolute atomic E-state index is 13.2. The van der Waals surface area contributed by atoms with E-state index in [4.69, 9.17) is 4.74 Å². The van der Waals surface area contributed by atoms with E-state index in [9.17, 15) is 27.9 Å². The van der Waals surface area contributed by atoms with E-state index in [0.717, 1.165) is 0 Å². The first-order valence-corrected chi connectivity index (χ1v) is 10.1. The third-order valence-corrected chi connectivity index (χ3v) is 5.08. The number of benzene rings is 2. The van der Waals surface area contributed by atoms with Crippen molar-refractivity contribution < 1.29 is 32.7 Å². The summed E-state index contributed by atoms with van der Waals surface area (Å²) in [6, 6.07) is 12.3. The van der Waals surface area contributed by atoms with E-state index in [1.165, 1.54) is 30.0 Å².